The van der Waals surface area contributed by atoms with Crippen molar-refractivity contribution >= 4 is 52.4 Å². The lowest BCUT2D eigenvalue weighted by molar-refractivity contribution is -0.119. The van der Waals surface area contributed by atoms with Gasteiger partial charge < -0.3 is 5.32 Å². The predicted molar refractivity (Wildman–Crippen MR) is 102 cm³/mol. The second kappa shape index (κ2) is 7.13. The molecule has 0 fully saturated rings. The van der Waals surface area contributed by atoms with Crippen LogP contribution >= 0.6 is 23.2 Å². The molecular formula is C19H14Cl2N2O4. The van der Waals surface area contributed by atoms with Crippen LogP contribution in [0.25, 0.3) is 0 Å². The first-order chi connectivity index (χ1) is 12.7. The Morgan fingerprint density at radius 2 is 1.56 bits per heavy atom. The molecule has 2 aromatic rings. The standard InChI is InChI=1S/C19H14Cl2N2O4/c1-9(17(25)22-12-5-3-4-11(6-12)10(2)24)23-18(26)13-7-15(20)16(21)8-14(13)19(23)27/h3-9H,1-2H3,(H,22,25)/t9-/m0/s1. The Hall–Kier alpha value is -2.70. The zero-order valence-corrected chi connectivity index (χ0v) is 15.9. The minimum Gasteiger partial charge on any atom is -0.324 e. The van der Waals surface area contributed by atoms with Gasteiger partial charge in [0.1, 0.15) is 6.04 Å². The molecule has 1 N–H and O–H groups in total. The lowest BCUT2D eigenvalue weighted by Crippen LogP contribution is -2.45. The molecule has 0 unspecified atom stereocenters. The molecule has 6 nitrogen and oxygen atoms in total. The monoisotopic (exact) mass is 404 g/mol. The third kappa shape index (κ3) is 3.46. The summed E-state index contributed by atoms with van der Waals surface area (Å²) in [5.41, 5.74) is 1.04. The fraction of sp³-hybridized carbons (Fsp3) is 0.158. The molecule has 0 aliphatic carbocycles. The summed E-state index contributed by atoms with van der Waals surface area (Å²) in [5.74, 6) is -1.95. The van der Waals surface area contributed by atoms with E-state index >= 15 is 0 Å². The Balaban J connectivity index is 1.83. The third-order valence-electron chi connectivity index (χ3n) is 4.26. The van der Waals surface area contributed by atoms with Gasteiger partial charge in [0.15, 0.2) is 5.78 Å². The number of nitrogens with zero attached hydrogens (tertiary/aromatic N) is 1. The number of amides is 3. The molecule has 0 saturated carbocycles. The molecule has 0 radical (unpaired) electrons. The molecule has 3 rings (SSSR count). The van der Waals surface area contributed by atoms with E-state index < -0.39 is 23.8 Å². The summed E-state index contributed by atoms with van der Waals surface area (Å²) in [7, 11) is 0. The molecule has 2 aromatic carbocycles. The number of rotatable bonds is 4. The second-order valence-electron chi connectivity index (χ2n) is 6.09. The van der Waals surface area contributed by atoms with Gasteiger partial charge in [0.25, 0.3) is 11.8 Å². The zero-order chi connectivity index (χ0) is 19.9. The number of imide groups is 1. The highest BCUT2D eigenvalue weighted by Crippen LogP contribution is 2.32. The molecule has 1 aliphatic heterocycles. The van der Waals surface area contributed by atoms with Gasteiger partial charge in [-0.25, -0.2) is 0 Å². The molecule has 3 amide bonds. The van der Waals surface area contributed by atoms with E-state index in [2.05, 4.69) is 5.32 Å². The van der Waals surface area contributed by atoms with Crippen molar-refractivity contribution in [2.75, 3.05) is 5.32 Å². The Bertz CT molecular complexity index is 962. The average Bonchev–Trinajstić information content (AvgIpc) is 2.85. The van der Waals surface area contributed by atoms with E-state index in [0.29, 0.717) is 11.3 Å². The SMILES string of the molecule is CC(=O)c1cccc(NC(=O)[C@H](C)N2C(=O)c3cc(Cl)c(Cl)cc3C2=O)c1. The number of hydrogen-bond acceptors (Lipinski definition) is 4. The molecule has 138 valence electrons. The van der Waals surface area contributed by atoms with Crippen LogP contribution in [0, 0.1) is 0 Å². The number of Topliss-reactive ketones (excluding diaryl/α,β-unsaturated/α-hetero) is 1. The van der Waals surface area contributed by atoms with E-state index in [1.165, 1.54) is 32.0 Å². The van der Waals surface area contributed by atoms with E-state index in [1.807, 2.05) is 0 Å². The van der Waals surface area contributed by atoms with E-state index in [4.69, 9.17) is 23.2 Å². The highest BCUT2D eigenvalue weighted by Gasteiger charge is 2.41. The summed E-state index contributed by atoms with van der Waals surface area (Å²) >= 11 is 11.8. The van der Waals surface area contributed by atoms with Crippen LogP contribution in [-0.2, 0) is 4.79 Å². The molecule has 8 heteroatoms. The van der Waals surface area contributed by atoms with Crippen LogP contribution in [0.2, 0.25) is 10.0 Å². The summed E-state index contributed by atoms with van der Waals surface area (Å²) in [6.45, 7) is 2.85. The van der Waals surface area contributed by atoms with Crippen LogP contribution in [0.5, 0.6) is 0 Å². The van der Waals surface area contributed by atoms with Crippen molar-refractivity contribution in [1.29, 1.82) is 0 Å². The van der Waals surface area contributed by atoms with Crippen molar-refractivity contribution in [2.24, 2.45) is 0 Å². The van der Waals surface area contributed by atoms with Crippen molar-refractivity contribution in [3.8, 4) is 0 Å². The fourth-order valence-corrected chi connectivity index (χ4v) is 3.11. The highest BCUT2D eigenvalue weighted by atomic mass is 35.5. The van der Waals surface area contributed by atoms with E-state index in [0.717, 1.165) is 4.90 Å². The number of halogens is 2. The molecule has 0 saturated heterocycles. The smallest absolute Gasteiger partial charge is 0.262 e. The van der Waals surface area contributed by atoms with E-state index in [-0.39, 0.29) is 27.0 Å². The quantitative estimate of drug-likeness (QED) is 0.619. The van der Waals surface area contributed by atoms with Crippen molar-refractivity contribution in [3.05, 3.63) is 63.1 Å². The van der Waals surface area contributed by atoms with Crippen LogP contribution in [0.1, 0.15) is 44.9 Å². The normalized spacial score (nSPS) is 14.1. The van der Waals surface area contributed by atoms with Crippen LogP contribution in [-0.4, -0.2) is 34.4 Å². The van der Waals surface area contributed by atoms with E-state index in [9.17, 15) is 19.2 Å². The fourth-order valence-electron chi connectivity index (χ4n) is 2.78. The topological polar surface area (TPSA) is 83.6 Å². The van der Waals surface area contributed by atoms with Crippen molar-refractivity contribution in [1.82, 2.24) is 4.90 Å². The molecule has 1 atom stereocenters. The number of hydrogen-bond donors (Lipinski definition) is 1. The lowest BCUT2D eigenvalue weighted by Gasteiger charge is -2.21. The summed E-state index contributed by atoms with van der Waals surface area (Å²) in [6.07, 6.45) is 0. The summed E-state index contributed by atoms with van der Waals surface area (Å²) in [6, 6.07) is 7.95. The maximum Gasteiger partial charge on any atom is 0.262 e. The first-order valence-electron chi connectivity index (χ1n) is 7.99. The number of fused-ring (bicyclic) bond motifs is 1. The van der Waals surface area contributed by atoms with Gasteiger partial charge in [-0.15, -0.1) is 0 Å². The molecular weight excluding hydrogens is 391 g/mol. The average molecular weight is 405 g/mol. The van der Waals surface area contributed by atoms with Gasteiger partial charge in [0, 0.05) is 11.3 Å². The van der Waals surface area contributed by atoms with Gasteiger partial charge in [-0.2, -0.15) is 0 Å². The van der Waals surface area contributed by atoms with Gasteiger partial charge in [-0.05, 0) is 38.1 Å². The maximum absolute atomic E-state index is 12.6. The second-order valence-corrected chi connectivity index (χ2v) is 6.91. The largest absolute Gasteiger partial charge is 0.324 e. The number of benzene rings is 2. The van der Waals surface area contributed by atoms with Gasteiger partial charge in [-0.1, -0.05) is 35.3 Å². The highest BCUT2D eigenvalue weighted by molar-refractivity contribution is 6.43. The Morgan fingerprint density at radius 1 is 1.00 bits per heavy atom. The lowest BCUT2D eigenvalue weighted by atomic mass is 10.1. The molecule has 1 aliphatic rings. The van der Waals surface area contributed by atoms with Crippen LogP contribution in [0.4, 0.5) is 5.69 Å². The van der Waals surface area contributed by atoms with Gasteiger partial charge in [0.05, 0.1) is 21.2 Å². The van der Waals surface area contributed by atoms with Gasteiger partial charge >= 0.3 is 0 Å². The first-order valence-corrected chi connectivity index (χ1v) is 8.75. The minimum absolute atomic E-state index is 0.104. The molecule has 0 bridgehead atoms. The minimum atomic E-state index is -1.07. The first kappa shape index (κ1) is 19.1. The van der Waals surface area contributed by atoms with E-state index in [1.54, 1.807) is 18.2 Å². The Kier molecular flexibility index (Phi) is 5.04. The third-order valence-corrected chi connectivity index (χ3v) is 4.98. The zero-order valence-electron chi connectivity index (χ0n) is 14.4. The summed E-state index contributed by atoms with van der Waals surface area (Å²) < 4.78 is 0. The van der Waals surface area contributed by atoms with Gasteiger partial charge in [0.2, 0.25) is 5.91 Å². The molecule has 0 spiro atoms. The molecule has 0 aromatic heterocycles. The number of ketones is 1. The number of carbonyl (C=O) groups is 4. The van der Waals surface area contributed by atoms with Crippen LogP contribution in [0.15, 0.2) is 36.4 Å². The maximum atomic E-state index is 12.6. The Morgan fingerprint density at radius 3 is 2.07 bits per heavy atom. The number of carbonyl (C=O) groups excluding carboxylic acids is 4. The van der Waals surface area contributed by atoms with Crippen molar-refractivity contribution in [2.45, 2.75) is 19.9 Å². The van der Waals surface area contributed by atoms with Crippen molar-refractivity contribution in [3.63, 3.8) is 0 Å². The number of anilines is 1. The van der Waals surface area contributed by atoms with Crippen molar-refractivity contribution < 1.29 is 19.2 Å². The van der Waals surface area contributed by atoms with Crippen LogP contribution in [0.3, 0.4) is 0 Å². The van der Waals surface area contributed by atoms with Gasteiger partial charge in [-0.3, -0.25) is 24.1 Å². The predicted octanol–water partition coefficient (Wildman–Crippen LogP) is 3.82. The van der Waals surface area contributed by atoms with Crippen LogP contribution < -0.4 is 5.32 Å². The summed E-state index contributed by atoms with van der Waals surface area (Å²) in [4.78, 5) is 50.1. The molecule has 1 heterocycles. The summed E-state index contributed by atoms with van der Waals surface area (Å²) in [5, 5.41) is 2.91. The molecule has 27 heavy (non-hydrogen) atoms. The number of nitrogens with one attached hydrogen (secondary N) is 1. The Labute approximate surface area is 165 Å².